The summed E-state index contributed by atoms with van der Waals surface area (Å²) in [6, 6.07) is -1.02. The first-order chi connectivity index (χ1) is 10.2. The van der Waals surface area contributed by atoms with Gasteiger partial charge in [-0.3, -0.25) is 0 Å². The minimum absolute atomic E-state index is 0.101. The molecule has 21 heavy (non-hydrogen) atoms. The lowest BCUT2D eigenvalue weighted by molar-refractivity contribution is -0.142. The third-order valence-corrected chi connectivity index (χ3v) is 4.43. The molecule has 8 nitrogen and oxygen atoms in total. The Balaban J connectivity index is 1.57. The van der Waals surface area contributed by atoms with E-state index >= 15 is 0 Å². The Morgan fingerprint density at radius 2 is 2.33 bits per heavy atom. The topological polar surface area (TPSA) is 109 Å². The van der Waals surface area contributed by atoms with Gasteiger partial charge in [-0.2, -0.15) is 4.98 Å². The fourth-order valence-electron chi connectivity index (χ4n) is 3.51. The Morgan fingerprint density at radius 1 is 1.48 bits per heavy atom. The van der Waals surface area contributed by atoms with Crippen LogP contribution in [0.4, 0.5) is 4.79 Å². The van der Waals surface area contributed by atoms with Crippen LogP contribution in [-0.2, 0) is 11.2 Å². The molecule has 1 saturated carbocycles. The summed E-state index contributed by atoms with van der Waals surface area (Å²) in [6.45, 7) is 0.882. The van der Waals surface area contributed by atoms with Crippen molar-refractivity contribution in [2.75, 3.05) is 13.1 Å². The van der Waals surface area contributed by atoms with Crippen molar-refractivity contribution in [3.05, 3.63) is 12.2 Å². The van der Waals surface area contributed by atoms with Crippen LogP contribution in [0.5, 0.6) is 0 Å². The third kappa shape index (κ3) is 2.70. The lowest BCUT2D eigenvalue weighted by Gasteiger charge is -2.24. The molecule has 0 radical (unpaired) electrons. The van der Waals surface area contributed by atoms with Gasteiger partial charge in [0.25, 0.3) is 0 Å². The number of carboxylic acids is 1. The number of carbonyl (C=O) groups excluding carboxylic acids is 1. The maximum absolute atomic E-state index is 12.2. The Bertz CT molecular complexity index is 518. The van der Waals surface area contributed by atoms with Gasteiger partial charge in [-0.1, -0.05) is 11.6 Å². The van der Waals surface area contributed by atoms with Gasteiger partial charge in [-0.25, -0.2) is 9.59 Å². The highest BCUT2D eigenvalue weighted by Crippen LogP contribution is 2.42. The normalized spacial score (nSPS) is 27.6. The largest absolute Gasteiger partial charge is 0.480 e. The van der Waals surface area contributed by atoms with Crippen molar-refractivity contribution in [2.24, 2.45) is 11.8 Å². The average Bonchev–Trinajstić information content (AvgIpc) is 3.13. The van der Waals surface area contributed by atoms with Gasteiger partial charge in [0.2, 0.25) is 5.89 Å². The van der Waals surface area contributed by atoms with Gasteiger partial charge in [0.15, 0.2) is 6.33 Å². The molecule has 0 spiro atoms. The highest BCUT2D eigenvalue weighted by Gasteiger charge is 2.49. The molecular formula is C13H18N4O4. The van der Waals surface area contributed by atoms with Gasteiger partial charge in [0, 0.05) is 19.5 Å². The maximum Gasteiger partial charge on any atom is 0.326 e. The quantitative estimate of drug-likeness (QED) is 0.837. The molecule has 114 valence electrons. The lowest BCUT2D eigenvalue weighted by Crippen LogP contribution is -2.48. The molecule has 3 atom stereocenters. The smallest absolute Gasteiger partial charge is 0.326 e. The Kier molecular flexibility index (Phi) is 3.76. The van der Waals surface area contributed by atoms with Crippen molar-refractivity contribution in [1.29, 1.82) is 0 Å². The summed E-state index contributed by atoms with van der Waals surface area (Å²) < 4.78 is 4.84. The monoisotopic (exact) mass is 294 g/mol. The van der Waals surface area contributed by atoms with E-state index in [-0.39, 0.29) is 11.9 Å². The van der Waals surface area contributed by atoms with Crippen LogP contribution in [0.3, 0.4) is 0 Å². The van der Waals surface area contributed by atoms with E-state index in [0.717, 1.165) is 19.3 Å². The second-order valence-electron chi connectivity index (χ2n) is 5.61. The van der Waals surface area contributed by atoms with E-state index in [1.807, 2.05) is 0 Å². The molecule has 1 aromatic rings. The van der Waals surface area contributed by atoms with Gasteiger partial charge in [-0.15, -0.1) is 0 Å². The van der Waals surface area contributed by atoms with E-state index in [0.29, 0.717) is 31.3 Å². The van der Waals surface area contributed by atoms with Crippen molar-refractivity contribution in [3.63, 3.8) is 0 Å². The highest BCUT2D eigenvalue weighted by atomic mass is 16.5. The first-order valence-electron chi connectivity index (χ1n) is 7.19. The SMILES string of the molecule is O=C(O)C1C2CCCC2CN1C(=O)NCCc1ncno1. The lowest BCUT2D eigenvalue weighted by atomic mass is 9.94. The molecule has 1 aliphatic heterocycles. The minimum atomic E-state index is -0.906. The summed E-state index contributed by atoms with van der Waals surface area (Å²) in [6.07, 6.45) is 4.71. The number of nitrogens with one attached hydrogen (secondary N) is 1. The number of nitrogens with zero attached hydrogens (tertiary/aromatic N) is 3. The molecule has 2 amide bonds. The van der Waals surface area contributed by atoms with Crippen LogP contribution in [0.15, 0.2) is 10.9 Å². The number of hydrogen-bond acceptors (Lipinski definition) is 5. The minimum Gasteiger partial charge on any atom is -0.480 e. The summed E-state index contributed by atoms with van der Waals surface area (Å²) in [4.78, 5) is 29.0. The van der Waals surface area contributed by atoms with Gasteiger partial charge in [0.05, 0.1) is 0 Å². The summed E-state index contributed by atoms with van der Waals surface area (Å²) in [5.41, 5.74) is 0. The standard InChI is InChI=1S/C13H18N4O4/c18-12(19)11-9-3-1-2-8(9)6-17(11)13(20)14-5-4-10-15-7-16-21-10/h7-9,11H,1-6H2,(H,14,20)(H,18,19). The van der Waals surface area contributed by atoms with Crippen LogP contribution >= 0.6 is 0 Å². The van der Waals surface area contributed by atoms with E-state index in [1.54, 1.807) is 0 Å². The summed E-state index contributed by atoms with van der Waals surface area (Å²) in [7, 11) is 0. The molecule has 2 N–H and O–H groups in total. The van der Waals surface area contributed by atoms with Crippen molar-refractivity contribution < 1.29 is 19.2 Å². The van der Waals surface area contributed by atoms with Gasteiger partial charge >= 0.3 is 12.0 Å². The summed E-state index contributed by atoms with van der Waals surface area (Å²) >= 11 is 0. The highest BCUT2D eigenvalue weighted by molar-refractivity contribution is 5.83. The van der Waals surface area contributed by atoms with E-state index in [1.165, 1.54) is 11.2 Å². The first-order valence-corrected chi connectivity index (χ1v) is 7.19. The van der Waals surface area contributed by atoms with E-state index in [4.69, 9.17) is 4.52 Å². The predicted octanol–water partition coefficient (Wildman–Crippen LogP) is 0.507. The van der Waals surface area contributed by atoms with Crippen LogP contribution in [0, 0.1) is 11.8 Å². The zero-order valence-electron chi connectivity index (χ0n) is 11.6. The molecule has 3 rings (SSSR count). The molecule has 2 heterocycles. The van der Waals surface area contributed by atoms with Crippen molar-refractivity contribution in [2.45, 2.75) is 31.7 Å². The first kappa shape index (κ1) is 13.8. The average molecular weight is 294 g/mol. The summed E-state index contributed by atoms with van der Waals surface area (Å²) in [5, 5.41) is 15.6. The fourth-order valence-corrected chi connectivity index (χ4v) is 3.51. The van der Waals surface area contributed by atoms with Crippen molar-refractivity contribution >= 4 is 12.0 Å². The van der Waals surface area contributed by atoms with Crippen LogP contribution < -0.4 is 5.32 Å². The number of fused-ring (bicyclic) bond motifs is 1. The molecule has 0 bridgehead atoms. The molecule has 1 saturated heterocycles. The van der Waals surface area contributed by atoms with E-state index in [2.05, 4.69) is 15.5 Å². The molecule has 3 unspecified atom stereocenters. The molecular weight excluding hydrogens is 276 g/mol. The molecule has 8 heteroatoms. The maximum atomic E-state index is 12.2. The van der Waals surface area contributed by atoms with Gasteiger partial charge in [-0.05, 0) is 24.7 Å². The molecule has 0 aromatic carbocycles. The second-order valence-corrected chi connectivity index (χ2v) is 5.61. The number of hydrogen-bond donors (Lipinski definition) is 2. The molecule has 2 fully saturated rings. The van der Waals surface area contributed by atoms with Crippen molar-refractivity contribution in [1.82, 2.24) is 20.4 Å². The molecule has 1 aromatic heterocycles. The zero-order chi connectivity index (χ0) is 14.8. The van der Waals surface area contributed by atoms with Crippen LogP contribution in [0.2, 0.25) is 0 Å². The predicted molar refractivity (Wildman–Crippen MR) is 70.4 cm³/mol. The number of likely N-dealkylation sites (tertiary alicyclic amines) is 1. The Hall–Kier alpha value is -2.12. The molecule has 1 aliphatic carbocycles. The number of aromatic nitrogens is 2. The third-order valence-electron chi connectivity index (χ3n) is 4.43. The zero-order valence-corrected chi connectivity index (χ0v) is 11.6. The van der Waals surface area contributed by atoms with Gasteiger partial charge in [0.1, 0.15) is 6.04 Å². The number of amides is 2. The molecule has 2 aliphatic rings. The van der Waals surface area contributed by atoms with Crippen LogP contribution in [-0.4, -0.2) is 51.3 Å². The van der Waals surface area contributed by atoms with Gasteiger partial charge < -0.3 is 19.8 Å². The fraction of sp³-hybridized carbons (Fsp3) is 0.692. The van der Waals surface area contributed by atoms with E-state index < -0.39 is 12.0 Å². The van der Waals surface area contributed by atoms with Crippen LogP contribution in [0.1, 0.15) is 25.2 Å². The summed E-state index contributed by atoms with van der Waals surface area (Å²) in [5.74, 6) is -0.0307. The number of carbonyl (C=O) groups is 2. The van der Waals surface area contributed by atoms with E-state index in [9.17, 15) is 14.7 Å². The number of urea groups is 1. The number of aliphatic carboxylic acids is 1. The van der Waals surface area contributed by atoms with Crippen LogP contribution in [0.25, 0.3) is 0 Å². The van der Waals surface area contributed by atoms with Crippen molar-refractivity contribution in [3.8, 4) is 0 Å². The Labute approximate surface area is 121 Å². The second kappa shape index (κ2) is 5.71. The number of rotatable bonds is 4. The Morgan fingerprint density at radius 3 is 3.05 bits per heavy atom. The number of carboxylic acid groups (broad SMARTS) is 1.